The molecule has 1 aliphatic carbocycles. The van der Waals surface area contributed by atoms with Crippen molar-refractivity contribution >= 4 is 28.5 Å². The van der Waals surface area contributed by atoms with E-state index in [2.05, 4.69) is 46.7 Å². The van der Waals surface area contributed by atoms with Crippen LogP contribution in [0.3, 0.4) is 0 Å². The van der Waals surface area contributed by atoms with Crippen molar-refractivity contribution in [2.45, 2.75) is 89.3 Å². The molecule has 3 N–H and O–H groups in total. The van der Waals surface area contributed by atoms with Crippen LogP contribution in [0.1, 0.15) is 58.9 Å². The molecule has 0 bridgehead atoms. The number of carbonyl (C=O) groups excluding carboxylic acids is 2. The standard InChI is InChI=1S/C25H33F3N6O2/c1-14(35)31-20-12-16(33-24(2,3)4)6-8-21(20)34-10-9-19(23(34)36)32-22-17-11-15(25(26,27)28)5-7-18(17)29-13-30-22/h5,7,11,13,16,19-21,33H,6,8-10,12H2,1-4H3,(H,31,35)(H,29,30,32)/t16?,19-,20+,21?/m0/s1. The highest BCUT2D eigenvalue weighted by Gasteiger charge is 2.42. The third-order valence-corrected chi connectivity index (χ3v) is 6.75. The summed E-state index contributed by atoms with van der Waals surface area (Å²) in [6, 6.07) is 2.55. The third-order valence-electron chi connectivity index (χ3n) is 6.75. The van der Waals surface area contributed by atoms with Crippen LogP contribution in [0, 0.1) is 0 Å². The zero-order valence-electron chi connectivity index (χ0n) is 20.9. The zero-order chi connectivity index (χ0) is 26.3. The van der Waals surface area contributed by atoms with Gasteiger partial charge in [-0.2, -0.15) is 13.2 Å². The van der Waals surface area contributed by atoms with Gasteiger partial charge in [-0.15, -0.1) is 0 Å². The van der Waals surface area contributed by atoms with Gasteiger partial charge in [-0.05, 0) is 64.7 Å². The molecule has 1 aromatic carbocycles. The summed E-state index contributed by atoms with van der Waals surface area (Å²) in [5.41, 5.74) is -0.507. The Morgan fingerprint density at radius 2 is 1.86 bits per heavy atom. The number of carbonyl (C=O) groups is 2. The van der Waals surface area contributed by atoms with Crippen LogP contribution in [-0.2, 0) is 15.8 Å². The minimum absolute atomic E-state index is 0.0664. The van der Waals surface area contributed by atoms with Gasteiger partial charge in [-0.25, -0.2) is 9.97 Å². The van der Waals surface area contributed by atoms with Crippen molar-refractivity contribution in [1.29, 1.82) is 0 Å². The van der Waals surface area contributed by atoms with Crippen LogP contribution < -0.4 is 16.0 Å². The summed E-state index contributed by atoms with van der Waals surface area (Å²) in [6.07, 6.45) is -0.429. The van der Waals surface area contributed by atoms with Crippen molar-refractivity contribution < 1.29 is 22.8 Å². The number of halogens is 3. The van der Waals surface area contributed by atoms with Gasteiger partial charge < -0.3 is 20.9 Å². The lowest BCUT2D eigenvalue weighted by molar-refractivity contribution is -0.137. The van der Waals surface area contributed by atoms with Gasteiger partial charge in [0.2, 0.25) is 11.8 Å². The second-order valence-electron chi connectivity index (χ2n) is 10.7. The number of likely N-dealkylation sites (tertiary alicyclic amines) is 1. The average Bonchev–Trinajstić information content (AvgIpc) is 3.11. The molecule has 0 radical (unpaired) electrons. The minimum Gasteiger partial charge on any atom is -0.358 e. The molecule has 0 spiro atoms. The highest BCUT2D eigenvalue weighted by atomic mass is 19.4. The summed E-state index contributed by atoms with van der Waals surface area (Å²) in [5.74, 6) is -0.0882. The molecule has 1 aliphatic heterocycles. The first-order valence-corrected chi connectivity index (χ1v) is 12.3. The van der Waals surface area contributed by atoms with Crippen molar-refractivity contribution in [2.24, 2.45) is 0 Å². The normalized spacial score (nSPS) is 25.3. The van der Waals surface area contributed by atoms with Crippen molar-refractivity contribution in [2.75, 3.05) is 11.9 Å². The smallest absolute Gasteiger partial charge is 0.358 e. The lowest BCUT2D eigenvalue weighted by atomic mass is 9.84. The summed E-state index contributed by atoms with van der Waals surface area (Å²) < 4.78 is 39.8. The molecular weight excluding hydrogens is 473 g/mol. The molecular formula is C25H33F3N6O2. The van der Waals surface area contributed by atoms with E-state index in [1.54, 1.807) is 4.90 Å². The molecule has 1 saturated heterocycles. The summed E-state index contributed by atoms with van der Waals surface area (Å²) in [7, 11) is 0. The molecule has 196 valence electrons. The molecule has 2 aliphatic rings. The quantitative estimate of drug-likeness (QED) is 0.575. The number of nitrogens with one attached hydrogen (secondary N) is 3. The highest BCUT2D eigenvalue weighted by Crippen LogP contribution is 2.34. The molecule has 36 heavy (non-hydrogen) atoms. The molecule has 2 heterocycles. The van der Waals surface area contributed by atoms with E-state index in [1.165, 1.54) is 19.3 Å². The van der Waals surface area contributed by atoms with Crippen molar-refractivity contribution in [1.82, 2.24) is 25.5 Å². The van der Waals surface area contributed by atoms with Gasteiger partial charge in [0.1, 0.15) is 18.2 Å². The van der Waals surface area contributed by atoms with Crippen LogP contribution in [0.4, 0.5) is 19.0 Å². The number of fused-ring (bicyclic) bond motifs is 1. The fraction of sp³-hybridized carbons (Fsp3) is 0.600. The summed E-state index contributed by atoms with van der Waals surface area (Å²) in [6.45, 7) is 8.26. The van der Waals surface area contributed by atoms with E-state index in [-0.39, 0.29) is 46.7 Å². The number of nitrogens with zero attached hydrogens (tertiary/aromatic N) is 3. The van der Waals surface area contributed by atoms with Gasteiger partial charge in [-0.3, -0.25) is 9.59 Å². The van der Waals surface area contributed by atoms with Gasteiger partial charge >= 0.3 is 6.18 Å². The third kappa shape index (κ3) is 5.88. The zero-order valence-corrected chi connectivity index (χ0v) is 20.9. The van der Waals surface area contributed by atoms with Crippen LogP contribution in [0.15, 0.2) is 24.5 Å². The lowest BCUT2D eigenvalue weighted by Gasteiger charge is -2.43. The Hall–Kier alpha value is -2.95. The molecule has 2 amide bonds. The number of rotatable bonds is 5. The summed E-state index contributed by atoms with van der Waals surface area (Å²) in [5, 5.41) is 9.91. The maximum Gasteiger partial charge on any atom is 0.416 e. The molecule has 2 unspecified atom stereocenters. The Balaban J connectivity index is 1.51. The van der Waals surface area contributed by atoms with E-state index in [9.17, 15) is 22.8 Å². The molecule has 4 atom stereocenters. The second-order valence-corrected chi connectivity index (χ2v) is 10.7. The second kappa shape index (κ2) is 9.84. The summed E-state index contributed by atoms with van der Waals surface area (Å²) >= 11 is 0. The van der Waals surface area contributed by atoms with E-state index >= 15 is 0 Å². The first-order valence-electron chi connectivity index (χ1n) is 12.3. The number of alkyl halides is 3. The fourth-order valence-corrected chi connectivity index (χ4v) is 5.37. The molecule has 8 nitrogen and oxygen atoms in total. The minimum atomic E-state index is -4.50. The topological polar surface area (TPSA) is 99.2 Å². The van der Waals surface area contributed by atoms with Crippen LogP contribution >= 0.6 is 0 Å². The predicted molar refractivity (Wildman–Crippen MR) is 130 cm³/mol. The van der Waals surface area contributed by atoms with E-state index in [0.717, 1.165) is 25.0 Å². The maximum absolute atomic E-state index is 13.4. The summed E-state index contributed by atoms with van der Waals surface area (Å²) in [4.78, 5) is 35.4. The van der Waals surface area contributed by atoms with Gasteiger partial charge in [-0.1, -0.05) is 0 Å². The van der Waals surface area contributed by atoms with E-state index in [4.69, 9.17) is 0 Å². The van der Waals surface area contributed by atoms with Crippen LogP contribution in [0.2, 0.25) is 0 Å². The number of anilines is 1. The average molecular weight is 507 g/mol. The van der Waals surface area contributed by atoms with Gasteiger partial charge in [0.15, 0.2) is 0 Å². The first kappa shape index (κ1) is 26.1. The van der Waals surface area contributed by atoms with E-state index < -0.39 is 17.8 Å². The largest absolute Gasteiger partial charge is 0.416 e. The Bertz CT molecular complexity index is 1130. The number of amides is 2. The highest BCUT2D eigenvalue weighted by molar-refractivity contribution is 5.93. The van der Waals surface area contributed by atoms with E-state index in [0.29, 0.717) is 24.9 Å². The fourth-order valence-electron chi connectivity index (χ4n) is 5.37. The van der Waals surface area contributed by atoms with Crippen molar-refractivity contribution in [3.8, 4) is 0 Å². The predicted octanol–water partition coefficient (Wildman–Crippen LogP) is 3.48. The van der Waals surface area contributed by atoms with Crippen molar-refractivity contribution in [3.63, 3.8) is 0 Å². The molecule has 11 heteroatoms. The Morgan fingerprint density at radius 3 is 2.53 bits per heavy atom. The molecule has 1 saturated carbocycles. The van der Waals surface area contributed by atoms with Gasteiger partial charge in [0.05, 0.1) is 23.2 Å². The van der Waals surface area contributed by atoms with Gasteiger partial charge in [0.25, 0.3) is 0 Å². The Morgan fingerprint density at radius 1 is 1.11 bits per heavy atom. The maximum atomic E-state index is 13.4. The number of benzene rings is 1. The number of hydrogen-bond acceptors (Lipinski definition) is 6. The van der Waals surface area contributed by atoms with Crippen LogP contribution in [-0.4, -0.2) is 62.9 Å². The molecule has 1 aromatic heterocycles. The lowest BCUT2D eigenvalue weighted by Crippen LogP contribution is -2.59. The molecule has 4 rings (SSSR count). The number of hydrogen-bond donors (Lipinski definition) is 3. The van der Waals surface area contributed by atoms with Crippen LogP contribution in [0.5, 0.6) is 0 Å². The Labute approximate surface area is 208 Å². The molecule has 2 aromatic rings. The number of aromatic nitrogens is 2. The van der Waals surface area contributed by atoms with Crippen LogP contribution in [0.25, 0.3) is 10.9 Å². The first-order chi connectivity index (χ1) is 16.8. The van der Waals surface area contributed by atoms with E-state index in [1.807, 2.05) is 0 Å². The Kier molecular flexibility index (Phi) is 7.14. The SMILES string of the molecule is CC(=O)N[C@@H]1CC(NC(C)(C)C)CCC1N1CC[C@H](Nc2ncnc3ccc(C(F)(F)F)cc23)C1=O. The monoisotopic (exact) mass is 506 g/mol. The molecule has 2 fully saturated rings. The van der Waals surface area contributed by atoms with Gasteiger partial charge in [0, 0.05) is 30.4 Å². The van der Waals surface area contributed by atoms with Crippen molar-refractivity contribution in [3.05, 3.63) is 30.1 Å².